The molecule has 1 atom stereocenters. The Morgan fingerprint density at radius 1 is 1.12 bits per heavy atom. The molecular weight excluding hydrogens is 259 g/mol. The Bertz CT molecular complexity index is 400. The van der Waals surface area contributed by atoms with Crippen LogP contribution in [0, 0.1) is 0 Å². The highest BCUT2D eigenvalue weighted by Crippen LogP contribution is 2.40. The summed E-state index contributed by atoms with van der Waals surface area (Å²) in [7, 11) is 0. The summed E-state index contributed by atoms with van der Waals surface area (Å²) in [5.74, 6) is 0. The molecule has 0 bridgehead atoms. The van der Waals surface area contributed by atoms with E-state index in [2.05, 4.69) is 0 Å². The minimum Gasteiger partial charge on any atom is -0.387 e. The zero-order valence-corrected chi connectivity index (χ0v) is 11.0. The van der Waals surface area contributed by atoms with Crippen molar-refractivity contribution in [1.29, 1.82) is 0 Å². The molecule has 1 aliphatic carbocycles. The molecule has 17 heavy (non-hydrogen) atoms. The van der Waals surface area contributed by atoms with Gasteiger partial charge in [0.15, 0.2) is 0 Å². The van der Waals surface area contributed by atoms with Gasteiger partial charge in [0.25, 0.3) is 0 Å². The number of benzene rings is 1. The highest BCUT2D eigenvalue weighted by atomic mass is 35.5. The summed E-state index contributed by atoms with van der Waals surface area (Å²) in [5, 5.41) is 21.7. The van der Waals surface area contributed by atoms with Gasteiger partial charge >= 0.3 is 0 Å². The van der Waals surface area contributed by atoms with Crippen molar-refractivity contribution >= 4 is 23.2 Å². The summed E-state index contributed by atoms with van der Waals surface area (Å²) in [6.07, 6.45) is 3.23. The fourth-order valence-electron chi connectivity index (χ4n) is 2.45. The normalized spacial score (nSPS) is 21.2. The molecule has 0 amide bonds. The van der Waals surface area contributed by atoms with E-state index in [4.69, 9.17) is 23.2 Å². The van der Waals surface area contributed by atoms with Crippen LogP contribution in [0.15, 0.2) is 18.2 Å². The van der Waals surface area contributed by atoms with E-state index < -0.39 is 11.7 Å². The van der Waals surface area contributed by atoms with Gasteiger partial charge in [0.2, 0.25) is 0 Å². The SMILES string of the molecule is OC(c1cc(Cl)ccc1Cl)C1(O)CCCCC1. The molecule has 2 N–H and O–H groups in total. The molecule has 94 valence electrons. The van der Waals surface area contributed by atoms with Gasteiger partial charge in [0.1, 0.15) is 6.10 Å². The number of halogens is 2. The highest BCUT2D eigenvalue weighted by molar-refractivity contribution is 6.33. The van der Waals surface area contributed by atoms with Crippen molar-refractivity contribution in [1.82, 2.24) is 0 Å². The van der Waals surface area contributed by atoms with Gasteiger partial charge in [-0.15, -0.1) is 0 Å². The Kier molecular flexibility index (Phi) is 3.99. The van der Waals surface area contributed by atoms with Crippen molar-refractivity contribution in [3.05, 3.63) is 33.8 Å². The molecule has 0 heterocycles. The van der Waals surface area contributed by atoms with Crippen molar-refractivity contribution in [2.24, 2.45) is 0 Å². The fraction of sp³-hybridized carbons (Fsp3) is 0.538. The standard InChI is InChI=1S/C13H16Cl2O2/c14-9-4-5-11(15)10(8-9)12(16)13(17)6-2-1-3-7-13/h4-5,8,12,16-17H,1-3,6-7H2. The van der Waals surface area contributed by atoms with E-state index >= 15 is 0 Å². The predicted octanol–water partition coefficient (Wildman–Crippen LogP) is 3.72. The van der Waals surface area contributed by atoms with Gasteiger partial charge in [0, 0.05) is 15.6 Å². The summed E-state index contributed by atoms with van der Waals surface area (Å²) in [4.78, 5) is 0. The molecule has 0 radical (unpaired) electrons. The molecule has 1 aliphatic rings. The van der Waals surface area contributed by atoms with Gasteiger partial charge < -0.3 is 10.2 Å². The lowest BCUT2D eigenvalue weighted by Crippen LogP contribution is -2.38. The first kappa shape index (κ1) is 13.2. The van der Waals surface area contributed by atoms with Gasteiger partial charge in [-0.1, -0.05) is 42.5 Å². The molecule has 2 rings (SSSR count). The number of hydrogen-bond donors (Lipinski definition) is 2. The molecule has 1 aromatic carbocycles. The topological polar surface area (TPSA) is 40.5 Å². The van der Waals surface area contributed by atoms with E-state index in [1.54, 1.807) is 18.2 Å². The maximum atomic E-state index is 10.5. The Morgan fingerprint density at radius 2 is 1.76 bits per heavy atom. The van der Waals surface area contributed by atoms with Gasteiger partial charge in [-0.2, -0.15) is 0 Å². The summed E-state index contributed by atoms with van der Waals surface area (Å²) in [5.41, 5.74) is -0.546. The second kappa shape index (κ2) is 5.15. The molecule has 0 saturated heterocycles. The van der Waals surface area contributed by atoms with Crippen LogP contribution < -0.4 is 0 Å². The molecule has 1 aromatic rings. The lowest BCUT2D eigenvalue weighted by atomic mass is 9.78. The third-order valence-electron chi connectivity index (χ3n) is 3.48. The molecule has 0 spiro atoms. The second-order valence-corrected chi connectivity index (χ2v) is 5.58. The number of aliphatic hydroxyl groups excluding tert-OH is 1. The molecule has 1 fully saturated rings. The van der Waals surface area contributed by atoms with Crippen LogP contribution >= 0.6 is 23.2 Å². The Hall–Kier alpha value is -0.280. The van der Waals surface area contributed by atoms with Crippen LogP contribution in [-0.2, 0) is 0 Å². The lowest BCUT2D eigenvalue weighted by Gasteiger charge is -2.36. The van der Waals surface area contributed by atoms with E-state index in [0.29, 0.717) is 28.5 Å². The quantitative estimate of drug-likeness (QED) is 0.863. The number of aliphatic hydroxyl groups is 2. The second-order valence-electron chi connectivity index (χ2n) is 4.73. The Morgan fingerprint density at radius 3 is 2.41 bits per heavy atom. The van der Waals surface area contributed by atoms with Crippen LogP contribution in [0.4, 0.5) is 0 Å². The van der Waals surface area contributed by atoms with Crippen LogP contribution in [0.1, 0.15) is 43.8 Å². The first-order valence-corrected chi connectivity index (χ1v) is 6.64. The summed E-state index contributed by atoms with van der Waals surface area (Å²) >= 11 is 11.9. The van der Waals surface area contributed by atoms with E-state index in [-0.39, 0.29) is 0 Å². The predicted molar refractivity (Wildman–Crippen MR) is 69.5 cm³/mol. The highest BCUT2D eigenvalue weighted by Gasteiger charge is 2.38. The Balaban J connectivity index is 2.29. The summed E-state index contributed by atoms with van der Waals surface area (Å²) in [6.45, 7) is 0. The molecule has 0 aliphatic heterocycles. The third-order valence-corrected chi connectivity index (χ3v) is 4.06. The van der Waals surface area contributed by atoms with E-state index in [0.717, 1.165) is 19.3 Å². The monoisotopic (exact) mass is 274 g/mol. The van der Waals surface area contributed by atoms with Crippen molar-refractivity contribution in [2.75, 3.05) is 0 Å². The Labute approximate surface area is 111 Å². The van der Waals surface area contributed by atoms with E-state index in [1.165, 1.54) is 0 Å². The van der Waals surface area contributed by atoms with E-state index in [1.807, 2.05) is 0 Å². The van der Waals surface area contributed by atoms with Crippen LogP contribution in [0.3, 0.4) is 0 Å². The smallest absolute Gasteiger partial charge is 0.109 e. The number of rotatable bonds is 2. The minimum absolute atomic E-state index is 0.445. The largest absolute Gasteiger partial charge is 0.387 e. The van der Waals surface area contributed by atoms with Crippen LogP contribution in [-0.4, -0.2) is 15.8 Å². The third kappa shape index (κ3) is 2.76. The zero-order chi connectivity index (χ0) is 12.5. The minimum atomic E-state index is -1.06. The molecule has 2 nitrogen and oxygen atoms in total. The van der Waals surface area contributed by atoms with Gasteiger partial charge in [-0.3, -0.25) is 0 Å². The molecular formula is C13H16Cl2O2. The fourth-order valence-corrected chi connectivity index (χ4v) is 2.85. The maximum Gasteiger partial charge on any atom is 0.109 e. The van der Waals surface area contributed by atoms with Gasteiger partial charge in [0.05, 0.1) is 5.60 Å². The first-order chi connectivity index (χ1) is 8.03. The maximum absolute atomic E-state index is 10.5. The molecule has 0 aromatic heterocycles. The number of hydrogen-bond acceptors (Lipinski definition) is 2. The van der Waals surface area contributed by atoms with Crippen LogP contribution in [0.5, 0.6) is 0 Å². The zero-order valence-electron chi connectivity index (χ0n) is 9.50. The van der Waals surface area contributed by atoms with Crippen molar-refractivity contribution in [3.8, 4) is 0 Å². The van der Waals surface area contributed by atoms with Crippen molar-refractivity contribution in [3.63, 3.8) is 0 Å². The van der Waals surface area contributed by atoms with Crippen molar-refractivity contribution < 1.29 is 10.2 Å². The van der Waals surface area contributed by atoms with E-state index in [9.17, 15) is 10.2 Å². The lowest BCUT2D eigenvalue weighted by molar-refractivity contribution is -0.0991. The van der Waals surface area contributed by atoms with Crippen LogP contribution in [0.25, 0.3) is 0 Å². The average Bonchev–Trinajstić information content (AvgIpc) is 2.32. The molecule has 1 saturated carbocycles. The van der Waals surface area contributed by atoms with Crippen molar-refractivity contribution in [2.45, 2.75) is 43.8 Å². The van der Waals surface area contributed by atoms with Gasteiger partial charge in [-0.05, 0) is 31.0 Å². The van der Waals surface area contributed by atoms with Gasteiger partial charge in [-0.25, -0.2) is 0 Å². The average molecular weight is 275 g/mol. The molecule has 1 unspecified atom stereocenters. The summed E-state index contributed by atoms with van der Waals surface area (Å²) in [6, 6.07) is 4.95. The van der Waals surface area contributed by atoms with Crippen LogP contribution in [0.2, 0.25) is 10.0 Å². The first-order valence-electron chi connectivity index (χ1n) is 5.88. The summed E-state index contributed by atoms with van der Waals surface area (Å²) < 4.78 is 0. The molecule has 4 heteroatoms.